The first-order valence-corrected chi connectivity index (χ1v) is 5.98. The summed E-state index contributed by atoms with van der Waals surface area (Å²) in [5.74, 6) is 5.51. The second-order valence-electron chi connectivity index (χ2n) is 4.01. The smallest absolute Gasteiger partial charge is 0.259 e. The molecule has 2 aromatic rings. The molecular formula is C13H13ClN4O. The van der Waals surface area contributed by atoms with Crippen LogP contribution >= 0.6 is 11.6 Å². The highest BCUT2D eigenvalue weighted by molar-refractivity contribution is 6.31. The van der Waals surface area contributed by atoms with Crippen LogP contribution in [0.1, 0.15) is 15.9 Å². The Morgan fingerprint density at radius 1 is 1.32 bits per heavy atom. The molecule has 0 unspecified atom stereocenters. The highest BCUT2D eigenvalue weighted by Crippen LogP contribution is 2.20. The Morgan fingerprint density at radius 2 is 2.11 bits per heavy atom. The van der Waals surface area contributed by atoms with Gasteiger partial charge in [-0.2, -0.15) is 0 Å². The lowest BCUT2D eigenvalue weighted by Crippen LogP contribution is -2.17. The number of nitrogens with zero attached hydrogens (tertiary/aromatic N) is 1. The van der Waals surface area contributed by atoms with Gasteiger partial charge in [0.15, 0.2) is 0 Å². The lowest BCUT2D eigenvalue weighted by Gasteiger charge is -2.09. The van der Waals surface area contributed by atoms with Gasteiger partial charge < -0.3 is 10.7 Å². The zero-order valence-corrected chi connectivity index (χ0v) is 11.0. The van der Waals surface area contributed by atoms with Gasteiger partial charge in [0.05, 0.1) is 11.3 Å². The van der Waals surface area contributed by atoms with Gasteiger partial charge in [-0.3, -0.25) is 10.6 Å². The van der Waals surface area contributed by atoms with E-state index in [1.807, 2.05) is 13.0 Å². The fourth-order valence-electron chi connectivity index (χ4n) is 1.56. The van der Waals surface area contributed by atoms with Crippen molar-refractivity contribution in [3.63, 3.8) is 0 Å². The molecule has 0 aliphatic rings. The van der Waals surface area contributed by atoms with Gasteiger partial charge in [0.2, 0.25) is 0 Å². The Labute approximate surface area is 115 Å². The number of pyridine rings is 1. The summed E-state index contributed by atoms with van der Waals surface area (Å²) in [4.78, 5) is 16.2. The second-order valence-corrected chi connectivity index (χ2v) is 4.45. The van der Waals surface area contributed by atoms with Crippen LogP contribution in [0.15, 0.2) is 36.5 Å². The number of amides is 1. The molecule has 0 aliphatic heterocycles. The Balaban J connectivity index is 2.24. The number of aryl methyl sites for hydroxylation is 1. The third-order valence-electron chi connectivity index (χ3n) is 2.53. The van der Waals surface area contributed by atoms with E-state index in [1.54, 1.807) is 30.5 Å². The quantitative estimate of drug-likeness (QED) is 0.595. The van der Waals surface area contributed by atoms with Crippen LogP contribution in [-0.2, 0) is 0 Å². The van der Waals surface area contributed by atoms with Crippen molar-refractivity contribution in [2.45, 2.75) is 6.92 Å². The van der Waals surface area contributed by atoms with Crippen molar-refractivity contribution in [2.24, 2.45) is 5.84 Å². The minimum absolute atomic E-state index is 0.327. The molecule has 0 saturated heterocycles. The highest BCUT2D eigenvalue weighted by atomic mass is 35.5. The number of benzene rings is 1. The van der Waals surface area contributed by atoms with E-state index >= 15 is 0 Å². The van der Waals surface area contributed by atoms with Crippen molar-refractivity contribution >= 4 is 29.0 Å². The molecule has 0 saturated carbocycles. The number of anilines is 2. The number of carbonyl (C=O) groups excluding carboxylic acids is 1. The minimum Gasteiger partial charge on any atom is -0.323 e. The summed E-state index contributed by atoms with van der Waals surface area (Å²) in [5.41, 5.74) is 4.33. The van der Waals surface area contributed by atoms with Crippen molar-refractivity contribution in [1.82, 2.24) is 4.98 Å². The molecule has 1 amide bonds. The van der Waals surface area contributed by atoms with Gasteiger partial charge in [0.25, 0.3) is 5.91 Å². The van der Waals surface area contributed by atoms with E-state index in [2.05, 4.69) is 15.7 Å². The lowest BCUT2D eigenvalue weighted by atomic mass is 10.1. The Bertz CT molecular complexity index is 598. The predicted molar refractivity (Wildman–Crippen MR) is 76.2 cm³/mol. The van der Waals surface area contributed by atoms with Crippen LogP contribution in [0.5, 0.6) is 0 Å². The summed E-state index contributed by atoms with van der Waals surface area (Å²) >= 11 is 5.88. The Hall–Kier alpha value is -2.11. The Kier molecular flexibility index (Phi) is 3.99. The number of aromatic nitrogens is 1. The number of carbonyl (C=O) groups is 1. The SMILES string of the molecule is Cc1ccc(NC(=O)c2cc(Cl)ccc2NN)nc1. The first-order valence-electron chi connectivity index (χ1n) is 5.60. The molecule has 5 nitrogen and oxygen atoms in total. The molecule has 1 aromatic carbocycles. The molecule has 0 spiro atoms. The van der Waals surface area contributed by atoms with Crippen LogP contribution in [0.2, 0.25) is 5.02 Å². The van der Waals surface area contributed by atoms with Crippen LogP contribution in [-0.4, -0.2) is 10.9 Å². The lowest BCUT2D eigenvalue weighted by molar-refractivity contribution is 0.102. The highest BCUT2D eigenvalue weighted by Gasteiger charge is 2.12. The van der Waals surface area contributed by atoms with E-state index in [1.165, 1.54) is 0 Å². The number of hydrazine groups is 1. The molecule has 0 fully saturated rings. The summed E-state index contributed by atoms with van der Waals surface area (Å²) in [6, 6.07) is 8.42. The molecule has 1 heterocycles. The van der Waals surface area contributed by atoms with Crippen LogP contribution in [0.25, 0.3) is 0 Å². The number of rotatable bonds is 3. The number of halogens is 1. The fourth-order valence-corrected chi connectivity index (χ4v) is 1.73. The van der Waals surface area contributed by atoms with Gasteiger partial charge in [0.1, 0.15) is 5.82 Å². The summed E-state index contributed by atoms with van der Waals surface area (Å²) < 4.78 is 0. The largest absolute Gasteiger partial charge is 0.323 e. The van der Waals surface area contributed by atoms with Crippen molar-refractivity contribution in [2.75, 3.05) is 10.7 Å². The average Bonchev–Trinajstić information content (AvgIpc) is 2.41. The van der Waals surface area contributed by atoms with Gasteiger partial charge in [-0.05, 0) is 36.8 Å². The topological polar surface area (TPSA) is 80.0 Å². The maximum Gasteiger partial charge on any atom is 0.259 e. The minimum atomic E-state index is -0.327. The van der Waals surface area contributed by atoms with Crippen molar-refractivity contribution in [3.05, 3.63) is 52.7 Å². The zero-order valence-electron chi connectivity index (χ0n) is 10.3. The fraction of sp³-hybridized carbons (Fsp3) is 0.0769. The van der Waals surface area contributed by atoms with Gasteiger partial charge in [-0.1, -0.05) is 17.7 Å². The molecule has 1 aromatic heterocycles. The number of nitrogens with one attached hydrogen (secondary N) is 2. The molecule has 6 heteroatoms. The van der Waals surface area contributed by atoms with Crippen molar-refractivity contribution in [3.8, 4) is 0 Å². The number of nitrogens with two attached hydrogens (primary N) is 1. The normalized spacial score (nSPS) is 10.1. The number of nitrogen functional groups attached to an aromatic ring is 1. The summed E-state index contributed by atoms with van der Waals surface area (Å²) in [6.45, 7) is 1.92. The van der Waals surface area contributed by atoms with E-state index in [0.29, 0.717) is 22.1 Å². The van der Waals surface area contributed by atoms with E-state index in [9.17, 15) is 4.79 Å². The first kappa shape index (κ1) is 13.3. The van der Waals surface area contributed by atoms with Gasteiger partial charge >= 0.3 is 0 Å². The molecule has 4 N–H and O–H groups in total. The van der Waals surface area contributed by atoms with Crippen molar-refractivity contribution in [1.29, 1.82) is 0 Å². The monoisotopic (exact) mass is 276 g/mol. The number of hydrogen-bond acceptors (Lipinski definition) is 4. The maximum atomic E-state index is 12.1. The Morgan fingerprint density at radius 3 is 2.74 bits per heavy atom. The zero-order chi connectivity index (χ0) is 13.8. The standard InChI is InChI=1S/C13H13ClN4O/c1-8-2-5-12(16-7-8)17-13(19)10-6-9(14)3-4-11(10)18-15/h2-7,18H,15H2,1H3,(H,16,17,19). The molecule has 0 bridgehead atoms. The third-order valence-corrected chi connectivity index (χ3v) is 2.77. The predicted octanol–water partition coefficient (Wildman–Crippen LogP) is 2.58. The van der Waals surface area contributed by atoms with E-state index < -0.39 is 0 Å². The molecule has 0 aliphatic carbocycles. The van der Waals surface area contributed by atoms with Crippen LogP contribution in [0.3, 0.4) is 0 Å². The summed E-state index contributed by atoms with van der Waals surface area (Å²) in [5, 5.41) is 3.14. The molecule has 98 valence electrons. The molecule has 19 heavy (non-hydrogen) atoms. The molecular weight excluding hydrogens is 264 g/mol. The second kappa shape index (κ2) is 5.69. The van der Waals surface area contributed by atoms with E-state index in [0.717, 1.165) is 5.56 Å². The van der Waals surface area contributed by atoms with E-state index in [-0.39, 0.29) is 5.91 Å². The van der Waals surface area contributed by atoms with Gasteiger partial charge in [-0.15, -0.1) is 0 Å². The van der Waals surface area contributed by atoms with Crippen LogP contribution in [0.4, 0.5) is 11.5 Å². The van der Waals surface area contributed by atoms with E-state index in [4.69, 9.17) is 17.4 Å². The maximum absolute atomic E-state index is 12.1. The van der Waals surface area contributed by atoms with Crippen molar-refractivity contribution < 1.29 is 4.79 Å². The molecule has 0 atom stereocenters. The summed E-state index contributed by atoms with van der Waals surface area (Å²) in [7, 11) is 0. The van der Waals surface area contributed by atoms with Crippen LogP contribution in [0, 0.1) is 6.92 Å². The molecule has 0 radical (unpaired) electrons. The number of hydrogen-bond donors (Lipinski definition) is 3. The average molecular weight is 277 g/mol. The van der Waals surface area contributed by atoms with Gasteiger partial charge in [-0.25, -0.2) is 4.98 Å². The van der Waals surface area contributed by atoms with Crippen LogP contribution < -0.4 is 16.6 Å². The van der Waals surface area contributed by atoms with Gasteiger partial charge in [0, 0.05) is 11.2 Å². The first-order chi connectivity index (χ1) is 9.10. The summed E-state index contributed by atoms with van der Waals surface area (Å²) in [6.07, 6.45) is 1.68. The molecule has 2 rings (SSSR count). The third kappa shape index (κ3) is 3.21.